The zero-order chi connectivity index (χ0) is 15.4. The van der Waals surface area contributed by atoms with Gasteiger partial charge in [-0.1, -0.05) is 18.2 Å². The fourth-order valence-corrected chi connectivity index (χ4v) is 3.98. The molecule has 2 bridgehead atoms. The molecule has 1 amide bonds. The molecular weight excluding hydrogens is 361 g/mol. The molecule has 2 N–H and O–H groups in total. The summed E-state index contributed by atoms with van der Waals surface area (Å²) in [5.74, 6) is -0.100. The van der Waals surface area contributed by atoms with Crippen LogP contribution in [-0.4, -0.2) is 29.0 Å². The largest absolute Gasteiger partial charge is 0.454 e. The number of fused-ring (bicyclic) bond motifs is 5. The zero-order valence-electron chi connectivity index (χ0n) is 13.4. The van der Waals surface area contributed by atoms with Crippen molar-refractivity contribution in [1.82, 2.24) is 15.6 Å². The van der Waals surface area contributed by atoms with Crippen molar-refractivity contribution in [2.45, 2.75) is 37.4 Å². The normalized spacial score (nSPS) is 24.1. The van der Waals surface area contributed by atoms with Gasteiger partial charge in [0, 0.05) is 28.9 Å². The van der Waals surface area contributed by atoms with Gasteiger partial charge in [-0.25, -0.2) is 4.98 Å². The van der Waals surface area contributed by atoms with E-state index in [4.69, 9.17) is 4.42 Å². The first-order chi connectivity index (χ1) is 11.3. The number of furan rings is 1. The van der Waals surface area contributed by atoms with Crippen molar-refractivity contribution in [3.8, 4) is 0 Å². The topological polar surface area (TPSA) is 67.2 Å². The molecule has 0 saturated carbocycles. The van der Waals surface area contributed by atoms with Gasteiger partial charge in [-0.2, -0.15) is 0 Å². The van der Waals surface area contributed by atoms with Crippen LogP contribution in [0.3, 0.4) is 0 Å². The van der Waals surface area contributed by atoms with E-state index in [0.717, 1.165) is 29.2 Å². The third-order valence-corrected chi connectivity index (χ3v) is 5.11. The van der Waals surface area contributed by atoms with E-state index in [-0.39, 0.29) is 36.8 Å². The lowest BCUT2D eigenvalue weighted by Gasteiger charge is -2.21. The van der Waals surface area contributed by atoms with Gasteiger partial charge in [0.05, 0.1) is 6.20 Å². The molecule has 2 aliphatic rings. The van der Waals surface area contributed by atoms with Crippen molar-refractivity contribution in [3.05, 3.63) is 42.2 Å². The summed E-state index contributed by atoms with van der Waals surface area (Å²) in [6.07, 6.45) is 5.04. The second kappa shape index (κ2) is 6.83. The third-order valence-electron chi connectivity index (χ3n) is 5.11. The molecular formula is C18H19Cl2N3O2. The van der Waals surface area contributed by atoms with Crippen molar-refractivity contribution in [2.24, 2.45) is 0 Å². The standard InChI is InChI=1S/C18H17N3O2.2ClH/c22-18(21-14-7-10-5-6-13(14)20-10)15-8-12-11-3-1-2-4-16(11)23-17(12)9-19-15;;/h1-4,8-10,13-14,20H,5-7H2,(H,21,22);2*1H/t10-,13+,14-;;/m1../s1. The maximum atomic E-state index is 12.5. The predicted molar refractivity (Wildman–Crippen MR) is 102 cm³/mol. The van der Waals surface area contributed by atoms with E-state index in [9.17, 15) is 4.79 Å². The summed E-state index contributed by atoms with van der Waals surface area (Å²) in [5, 5.41) is 8.62. The van der Waals surface area contributed by atoms with Gasteiger partial charge in [-0.15, -0.1) is 24.8 Å². The van der Waals surface area contributed by atoms with Crippen molar-refractivity contribution in [2.75, 3.05) is 0 Å². The lowest BCUT2D eigenvalue weighted by atomic mass is 9.95. The summed E-state index contributed by atoms with van der Waals surface area (Å²) >= 11 is 0. The molecule has 0 radical (unpaired) electrons. The Labute approximate surface area is 157 Å². The van der Waals surface area contributed by atoms with E-state index in [0.29, 0.717) is 23.4 Å². The van der Waals surface area contributed by atoms with Crippen LogP contribution in [0.1, 0.15) is 29.8 Å². The van der Waals surface area contributed by atoms with Crippen LogP contribution < -0.4 is 10.6 Å². The maximum Gasteiger partial charge on any atom is 0.270 e. The van der Waals surface area contributed by atoms with Gasteiger partial charge >= 0.3 is 0 Å². The Balaban J connectivity index is 0.000000911. The highest BCUT2D eigenvalue weighted by atomic mass is 35.5. The fourth-order valence-electron chi connectivity index (χ4n) is 3.98. The van der Waals surface area contributed by atoms with Gasteiger partial charge in [-0.3, -0.25) is 4.79 Å². The van der Waals surface area contributed by atoms with Gasteiger partial charge in [0.25, 0.3) is 5.91 Å². The number of amides is 1. The van der Waals surface area contributed by atoms with Crippen LogP contribution in [0.5, 0.6) is 0 Å². The number of pyridine rings is 1. The van der Waals surface area contributed by atoms with Crippen molar-refractivity contribution in [1.29, 1.82) is 0 Å². The highest BCUT2D eigenvalue weighted by Crippen LogP contribution is 2.30. The smallest absolute Gasteiger partial charge is 0.270 e. The minimum Gasteiger partial charge on any atom is -0.454 e. The minimum absolute atomic E-state index is 0. The summed E-state index contributed by atoms with van der Waals surface area (Å²) < 4.78 is 5.76. The van der Waals surface area contributed by atoms with Crippen LogP contribution in [0.15, 0.2) is 40.9 Å². The molecule has 2 saturated heterocycles. The Morgan fingerprint density at radius 3 is 2.76 bits per heavy atom. The van der Waals surface area contributed by atoms with Crippen LogP contribution in [0.4, 0.5) is 0 Å². The quantitative estimate of drug-likeness (QED) is 0.715. The van der Waals surface area contributed by atoms with E-state index in [2.05, 4.69) is 15.6 Å². The number of para-hydroxylation sites is 1. The van der Waals surface area contributed by atoms with E-state index in [1.165, 1.54) is 6.42 Å². The molecule has 4 heterocycles. The SMILES string of the molecule is Cl.Cl.O=C(N[C@@H]1C[C@H]2CC[C@@H]1N2)c1cc2c(cn1)oc1ccccc12. The number of nitrogens with zero attached hydrogens (tertiary/aromatic N) is 1. The molecule has 1 aromatic carbocycles. The molecule has 132 valence electrons. The van der Waals surface area contributed by atoms with Crippen LogP contribution >= 0.6 is 24.8 Å². The summed E-state index contributed by atoms with van der Waals surface area (Å²) in [6.45, 7) is 0. The number of carbonyl (C=O) groups excluding carboxylic acids is 1. The predicted octanol–water partition coefficient (Wildman–Crippen LogP) is 3.45. The van der Waals surface area contributed by atoms with Crippen LogP contribution in [0.2, 0.25) is 0 Å². The second-order valence-corrected chi connectivity index (χ2v) is 6.53. The Bertz CT molecular complexity index is 927. The van der Waals surface area contributed by atoms with Crippen LogP contribution in [0, 0.1) is 0 Å². The fraction of sp³-hybridized carbons (Fsp3) is 0.333. The molecule has 0 aliphatic carbocycles. The molecule has 3 aromatic rings. The van der Waals surface area contributed by atoms with Gasteiger partial charge in [-0.05, 0) is 31.4 Å². The first kappa shape index (κ1) is 18.0. The van der Waals surface area contributed by atoms with E-state index in [1.807, 2.05) is 30.3 Å². The van der Waals surface area contributed by atoms with Crippen LogP contribution in [-0.2, 0) is 0 Å². The Kier molecular flexibility index (Phi) is 4.91. The van der Waals surface area contributed by atoms with Crippen molar-refractivity contribution < 1.29 is 9.21 Å². The molecule has 0 unspecified atom stereocenters. The van der Waals surface area contributed by atoms with Gasteiger partial charge in [0.2, 0.25) is 0 Å². The average Bonchev–Trinajstić information content (AvgIpc) is 3.27. The number of hydrogen-bond donors (Lipinski definition) is 2. The number of hydrogen-bond acceptors (Lipinski definition) is 4. The minimum atomic E-state index is -0.100. The Morgan fingerprint density at radius 2 is 2.00 bits per heavy atom. The molecule has 0 spiro atoms. The highest BCUT2D eigenvalue weighted by molar-refractivity contribution is 6.07. The van der Waals surface area contributed by atoms with Gasteiger partial charge in [0.15, 0.2) is 5.58 Å². The average molecular weight is 380 g/mol. The van der Waals surface area contributed by atoms with Gasteiger partial charge < -0.3 is 15.1 Å². The highest BCUT2D eigenvalue weighted by Gasteiger charge is 2.39. The first-order valence-electron chi connectivity index (χ1n) is 8.12. The summed E-state index contributed by atoms with van der Waals surface area (Å²) in [6, 6.07) is 10.9. The molecule has 5 nitrogen and oxygen atoms in total. The molecule has 25 heavy (non-hydrogen) atoms. The van der Waals surface area contributed by atoms with E-state index in [1.54, 1.807) is 6.20 Å². The molecule has 7 heteroatoms. The lowest BCUT2D eigenvalue weighted by molar-refractivity contribution is 0.0926. The Hall–Kier alpha value is -1.82. The third kappa shape index (κ3) is 2.97. The Morgan fingerprint density at radius 1 is 1.16 bits per heavy atom. The van der Waals surface area contributed by atoms with Crippen molar-refractivity contribution in [3.63, 3.8) is 0 Å². The number of rotatable bonds is 2. The van der Waals surface area contributed by atoms with E-state index >= 15 is 0 Å². The number of nitrogens with one attached hydrogen (secondary N) is 2. The number of carbonyl (C=O) groups is 1. The summed E-state index contributed by atoms with van der Waals surface area (Å²) in [5.41, 5.74) is 1.98. The first-order valence-corrected chi connectivity index (χ1v) is 8.12. The molecule has 2 aromatic heterocycles. The van der Waals surface area contributed by atoms with Crippen molar-refractivity contribution >= 4 is 52.7 Å². The lowest BCUT2D eigenvalue weighted by Crippen LogP contribution is -2.43. The second-order valence-electron chi connectivity index (χ2n) is 6.53. The number of benzene rings is 1. The zero-order valence-corrected chi connectivity index (χ0v) is 15.0. The number of halogens is 2. The molecule has 2 aliphatic heterocycles. The molecule has 5 rings (SSSR count). The summed E-state index contributed by atoms with van der Waals surface area (Å²) in [4.78, 5) is 16.8. The molecule has 3 atom stereocenters. The van der Waals surface area contributed by atoms with Gasteiger partial charge in [0.1, 0.15) is 11.3 Å². The van der Waals surface area contributed by atoms with Crippen LogP contribution in [0.25, 0.3) is 21.9 Å². The monoisotopic (exact) mass is 379 g/mol. The maximum absolute atomic E-state index is 12.5. The summed E-state index contributed by atoms with van der Waals surface area (Å²) in [7, 11) is 0. The number of aromatic nitrogens is 1. The molecule has 2 fully saturated rings. The van der Waals surface area contributed by atoms with E-state index < -0.39 is 0 Å².